The molecule has 0 saturated heterocycles. The smallest absolute Gasteiger partial charge is 0.239 e. The van der Waals surface area contributed by atoms with Crippen molar-refractivity contribution in [2.24, 2.45) is 5.92 Å². The average Bonchev–Trinajstić information content (AvgIpc) is 3.16. The summed E-state index contributed by atoms with van der Waals surface area (Å²) < 4.78 is 0. The summed E-state index contributed by atoms with van der Waals surface area (Å²) >= 11 is 1.50. The molecule has 1 heterocycles. The monoisotopic (exact) mass is 324 g/mol. The van der Waals surface area contributed by atoms with Gasteiger partial charge in [-0.1, -0.05) is 12.8 Å². The normalized spacial score (nSPS) is 17.9. The second-order valence-corrected chi connectivity index (χ2v) is 6.97. The first-order valence-electron chi connectivity index (χ1n) is 7.76. The van der Waals surface area contributed by atoms with Gasteiger partial charge in [-0.3, -0.25) is 9.59 Å². The Morgan fingerprint density at radius 1 is 1.32 bits per heavy atom. The van der Waals surface area contributed by atoms with E-state index in [9.17, 15) is 14.7 Å². The lowest BCUT2D eigenvalue weighted by Gasteiger charge is -2.22. The minimum atomic E-state index is -1.09. The molecule has 5 nitrogen and oxygen atoms in total. The zero-order chi connectivity index (χ0) is 16.0. The molecule has 122 valence electrons. The SMILES string of the molecule is CC(O)(CNC(=O)CNC(=O)CC1CCCC1)c1ccsc1. The van der Waals surface area contributed by atoms with E-state index in [0.717, 1.165) is 18.4 Å². The van der Waals surface area contributed by atoms with Crippen LogP contribution in [0.5, 0.6) is 0 Å². The van der Waals surface area contributed by atoms with Crippen LogP contribution in [0.2, 0.25) is 0 Å². The fourth-order valence-electron chi connectivity index (χ4n) is 2.73. The van der Waals surface area contributed by atoms with E-state index in [1.54, 1.807) is 6.92 Å². The van der Waals surface area contributed by atoms with Crippen molar-refractivity contribution in [2.75, 3.05) is 13.1 Å². The maximum Gasteiger partial charge on any atom is 0.239 e. The van der Waals surface area contributed by atoms with Gasteiger partial charge in [0, 0.05) is 6.42 Å². The van der Waals surface area contributed by atoms with Gasteiger partial charge < -0.3 is 15.7 Å². The number of carbonyl (C=O) groups is 2. The van der Waals surface area contributed by atoms with E-state index in [2.05, 4.69) is 10.6 Å². The highest BCUT2D eigenvalue weighted by Crippen LogP contribution is 2.27. The number of hydrogen-bond donors (Lipinski definition) is 3. The Hall–Kier alpha value is -1.40. The highest BCUT2D eigenvalue weighted by Gasteiger charge is 2.24. The molecule has 0 aliphatic heterocycles. The summed E-state index contributed by atoms with van der Waals surface area (Å²) in [5.41, 5.74) is -0.313. The molecule has 1 aliphatic rings. The van der Waals surface area contributed by atoms with Gasteiger partial charge in [-0.15, -0.1) is 0 Å². The van der Waals surface area contributed by atoms with E-state index in [0.29, 0.717) is 12.3 Å². The molecular formula is C16H24N2O3S. The van der Waals surface area contributed by atoms with Crippen LogP contribution in [0.15, 0.2) is 16.8 Å². The van der Waals surface area contributed by atoms with Crippen LogP contribution in [0.1, 0.15) is 44.6 Å². The van der Waals surface area contributed by atoms with Crippen molar-refractivity contribution >= 4 is 23.2 Å². The van der Waals surface area contributed by atoms with Crippen LogP contribution in [0.4, 0.5) is 0 Å². The lowest BCUT2D eigenvalue weighted by atomic mass is 9.99. The van der Waals surface area contributed by atoms with Gasteiger partial charge in [-0.05, 0) is 48.1 Å². The highest BCUT2D eigenvalue weighted by molar-refractivity contribution is 7.08. The molecule has 0 aromatic carbocycles. The Bertz CT molecular complexity index is 493. The highest BCUT2D eigenvalue weighted by atomic mass is 32.1. The lowest BCUT2D eigenvalue weighted by molar-refractivity contribution is -0.127. The number of aliphatic hydroxyl groups is 1. The van der Waals surface area contributed by atoms with E-state index in [4.69, 9.17) is 0 Å². The van der Waals surface area contributed by atoms with Crippen LogP contribution in [-0.2, 0) is 15.2 Å². The Morgan fingerprint density at radius 2 is 2.05 bits per heavy atom. The number of thiophene rings is 1. The molecule has 1 saturated carbocycles. The van der Waals surface area contributed by atoms with Crippen LogP contribution >= 0.6 is 11.3 Å². The third-order valence-electron chi connectivity index (χ3n) is 4.17. The first-order valence-corrected chi connectivity index (χ1v) is 8.70. The van der Waals surface area contributed by atoms with Gasteiger partial charge in [0.1, 0.15) is 5.60 Å². The largest absolute Gasteiger partial charge is 0.384 e. The fraction of sp³-hybridized carbons (Fsp3) is 0.625. The number of nitrogens with one attached hydrogen (secondary N) is 2. The second-order valence-electron chi connectivity index (χ2n) is 6.19. The first-order chi connectivity index (χ1) is 10.5. The summed E-state index contributed by atoms with van der Waals surface area (Å²) in [6.07, 6.45) is 5.15. The van der Waals surface area contributed by atoms with E-state index in [-0.39, 0.29) is 24.9 Å². The van der Waals surface area contributed by atoms with Gasteiger partial charge in [0.2, 0.25) is 11.8 Å². The molecule has 1 unspecified atom stereocenters. The molecule has 1 aromatic heterocycles. The van der Waals surface area contributed by atoms with Crippen molar-refractivity contribution < 1.29 is 14.7 Å². The minimum absolute atomic E-state index is 0.0364. The average molecular weight is 324 g/mol. The minimum Gasteiger partial charge on any atom is -0.384 e. The molecule has 22 heavy (non-hydrogen) atoms. The molecule has 1 aliphatic carbocycles. The Balaban J connectivity index is 1.66. The Labute approximate surface area is 135 Å². The summed E-state index contributed by atoms with van der Waals surface area (Å²) in [5.74, 6) is 0.129. The lowest BCUT2D eigenvalue weighted by Crippen LogP contribution is -2.43. The van der Waals surface area contributed by atoms with E-state index < -0.39 is 5.60 Å². The number of rotatable bonds is 7. The van der Waals surface area contributed by atoms with Crippen molar-refractivity contribution in [3.63, 3.8) is 0 Å². The third kappa shape index (κ3) is 5.10. The second kappa shape index (κ2) is 7.74. The van der Waals surface area contributed by atoms with E-state index in [1.807, 2.05) is 16.8 Å². The van der Waals surface area contributed by atoms with Crippen molar-refractivity contribution in [3.8, 4) is 0 Å². The molecule has 0 spiro atoms. The topological polar surface area (TPSA) is 78.4 Å². The summed E-state index contributed by atoms with van der Waals surface area (Å²) in [4.78, 5) is 23.5. The van der Waals surface area contributed by atoms with Crippen LogP contribution in [0.3, 0.4) is 0 Å². The van der Waals surface area contributed by atoms with Crippen molar-refractivity contribution in [2.45, 2.75) is 44.6 Å². The predicted molar refractivity (Wildman–Crippen MR) is 86.5 cm³/mol. The van der Waals surface area contributed by atoms with Crippen molar-refractivity contribution in [1.82, 2.24) is 10.6 Å². The number of amides is 2. The summed E-state index contributed by atoms with van der Waals surface area (Å²) in [5, 5.41) is 19.3. The van der Waals surface area contributed by atoms with Gasteiger partial charge in [0.15, 0.2) is 0 Å². The van der Waals surface area contributed by atoms with Crippen LogP contribution in [-0.4, -0.2) is 30.0 Å². The molecule has 6 heteroatoms. The molecule has 2 rings (SSSR count). The predicted octanol–water partition coefficient (Wildman–Crippen LogP) is 1.77. The zero-order valence-corrected chi connectivity index (χ0v) is 13.7. The van der Waals surface area contributed by atoms with Crippen molar-refractivity contribution in [1.29, 1.82) is 0 Å². The summed E-state index contributed by atoms with van der Waals surface area (Å²) in [6, 6.07) is 1.83. The molecule has 3 N–H and O–H groups in total. The Kier molecular flexibility index (Phi) is 5.97. The van der Waals surface area contributed by atoms with Gasteiger partial charge in [-0.25, -0.2) is 0 Å². The van der Waals surface area contributed by atoms with Crippen LogP contribution < -0.4 is 10.6 Å². The third-order valence-corrected chi connectivity index (χ3v) is 4.85. The maximum absolute atomic E-state index is 11.8. The number of carbonyl (C=O) groups excluding carboxylic acids is 2. The standard InChI is InChI=1S/C16H24N2O3S/c1-16(21,13-6-7-22-10-13)11-18-15(20)9-17-14(19)8-12-4-2-3-5-12/h6-7,10,12,21H,2-5,8-9,11H2,1H3,(H,17,19)(H,18,20). The molecule has 0 radical (unpaired) electrons. The molecule has 1 atom stereocenters. The Morgan fingerprint density at radius 3 is 2.68 bits per heavy atom. The van der Waals surface area contributed by atoms with Gasteiger partial charge in [0.25, 0.3) is 0 Å². The van der Waals surface area contributed by atoms with E-state index in [1.165, 1.54) is 24.2 Å². The maximum atomic E-state index is 11.8. The van der Waals surface area contributed by atoms with Crippen LogP contribution in [0.25, 0.3) is 0 Å². The molecule has 1 fully saturated rings. The molecular weight excluding hydrogens is 300 g/mol. The van der Waals surface area contributed by atoms with Gasteiger partial charge >= 0.3 is 0 Å². The van der Waals surface area contributed by atoms with Gasteiger partial charge in [0.05, 0.1) is 13.1 Å². The quantitative estimate of drug-likeness (QED) is 0.715. The zero-order valence-electron chi connectivity index (χ0n) is 12.9. The van der Waals surface area contributed by atoms with Crippen LogP contribution in [0, 0.1) is 5.92 Å². The molecule has 1 aromatic rings. The van der Waals surface area contributed by atoms with Crippen molar-refractivity contribution in [3.05, 3.63) is 22.4 Å². The first kappa shape index (κ1) is 17.0. The van der Waals surface area contributed by atoms with E-state index >= 15 is 0 Å². The molecule has 2 amide bonds. The number of hydrogen-bond acceptors (Lipinski definition) is 4. The van der Waals surface area contributed by atoms with Gasteiger partial charge in [-0.2, -0.15) is 11.3 Å². The molecule has 0 bridgehead atoms. The summed E-state index contributed by atoms with van der Waals surface area (Å²) in [6.45, 7) is 1.75. The summed E-state index contributed by atoms with van der Waals surface area (Å²) in [7, 11) is 0. The fourth-order valence-corrected chi connectivity index (χ4v) is 3.52.